The lowest BCUT2D eigenvalue weighted by Crippen LogP contribution is -1.84. The van der Waals surface area contributed by atoms with Gasteiger partial charge < -0.3 is 9.13 Å². The Labute approximate surface area is 268 Å². The standard InChI is InChI=1S/C44H32N2/c1-3-45-41-11-7-5-9-37(41)39-29-33(21-27-43(39)45)15-13-31-17-23-35(24-18-31)36-25-19-32(20-26-36)14-16-34-22-28-44-40(30-34)38-10-6-8-12-42(38)46(44)4-2/h3-30H,1-2H2/b15-13+,16-14+. The highest BCUT2D eigenvalue weighted by molar-refractivity contribution is 6.11. The quantitative estimate of drug-likeness (QED) is 0.164. The largest absolute Gasteiger partial charge is 0.317 e. The molecule has 0 atom stereocenters. The van der Waals surface area contributed by atoms with Gasteiger partial charge in [0.05, 0.1) is 22.1 Å². The highest BCUT2D eigenvalue weighted by atomic mass is 15.0. The van der Waals surface area contributed by atoms with Crippen molar-refractivity contribution < 1.29 is 0 Å². The average Bonchev–Trinajstić information content (AvgIpc) is 3.61. The van der Waals surface area contributed by atoms with E-state index in [2.05, 4.69) is 180 Å². The first-order chi connectivity index (χ1) is 22.7. The van der Waals surface area contributed by atoms with E-state index in [1.165, 1.54) is 77.0 Å². The summed E-state index contributed by atoms with van der Waals surface area (Å²) >= 11 is 0. The molecule has 2 nitrogen and oxygen atoms in total. The minimum Gasteiger partial charge on any atom is -0.317 e. The maximum absolute atomic E-state index is 4.02. The molecule has 8 aromatic rings. The predicted octanol–water partition coefficient (Wildman–Crippen LogP) is 12.1. The number of aromatic nitrogens is 2. The SMILES string of the molecule is C=Cn1c2ccccc2c2cc(/C=C/c3ccc(-c4ccc(/C=C/c5ccc6c(c5)c5ccccc5n6C=C)cc4)cc3)ccc21. The van der Waals surface area contributed by atoms with Gasteiger partial charge >= 0.3 is 0 Å². The first-order valence-electron chi connectivity index (χ1n) is 15.6. The minimum absolute atomic E-state index is 1.17. The number of hydrogen-bond acceptors (Lipinski definition) is 0. The molecule has 0 saturated carbocycles. The van der Waals surface area contributed by atoms with Crippen LogP contribution in [0.5, 0.6) is 0 Å². The second-order valence-electron chi connectivity index (χ2n) is 11.6. The first kappa shape index (κ1) is 27.4. The third-order valence-electron chi connectivity index (χ3n) is 8.92. The predicted molar refractivity (Wildman–Crippen MR) is 201 cm³/mol. The number of rotatable bonds is 7. The fourth-order valence-electron chi connectivity index (χ4n) is 6.60. The summed E-state index contributed by atoms with van der Waals surface area (Å²) in [5.41, 5.74) is 11.8. The van der Waals surface area contributed by atoms with E-state index in [-0.39, 0.29) is 0 Å². The Morgan fingerprint density at radius 2 is 0.696 bits per heavy atom. The molecule has 0 fully saturated rings. The number of para-hydroxylation sites is 2. The molecule has 2 heterocycles. The third kappa shape index (κ3) is 4.77. The van der Waals surface area contributed by atoms with Crippen molar-refractivity contribution in [3.05, 3.63) is 169 Å². The van der Waals surface area contributed by atoms with Crippen molar-refractivity contribution in [3.63, 3.8) is 0 Å². The second-order valence-corrected chi connectivity index (χ2v) is 11.6. The van der Waals surface area contributed by atoms with Gasteiger partial charge in [-0.05, 0) is 69.8 Å². The lowest BCUT2D eigenvalue weighted by Gasteiger charge is -2.04. The smallest absolute Gasteiger partial charge is 0.0535 e. The van der Waals surface area contributed by atoms with Crippen LogP contribution in [0.15, 0.2) is 147 Å². The van der Waals surface area contributed by atoms with E-state index in [0.717, 1.165) is 0 Å². The molecule has 0 radical (unpaired) electrons. The minimum atomic E-state index is 1.17. The molecule has 0 bridgehead atoms. The van der Waals surface area contributed by atoms with Gasteiger partial charge in [0.2, 0.25) is 0 Å². The molecule has 2 aromatic heterocycles. The van der Waals surface area contributed by atoms with Crippen LogP contribution >= 0.6 is 0 Å². The summed E-state index contributed by atoms with van der Waals surface area (Å²) in [7, 11) is 0. The lowest BCUT2D eigenvalue weighted by atomic mass is 10.0. The van der Waals surface area contributed by atoms with Gasteiger partial charge in [-0.3, -0.25) is 0 Å². The monoisotopic (exact) mass is 588 g/mol. The Morgan fingerprint density at radius 1 is 0.348 bits per heavy atom. The topological polar surface area (TPSA) is 9.86 Å². The van der Waals surface area contributed by atoms with E-state index >= 15 is 0 Å². The van der Waals surface area contributed by atoms with Crippen LogP contribution in [0.3, 0.4) is 0 Å². The van der Waals surface area contributed by atoms with Crippen molar-refractivity contribution in [2.45, 2.75) is 0 Å². The lowest BCUT2D eigenvalue weighted by molar-refractivity contribution is 1.30. The summed E-state index contributed by atoms with van der Waals surface area (Å²) in [5.74, 6) is 0. The summed E-state index contributed by atoms with van der Waals surface area (Å²) in [6.07, 6.45) is 12.5. The Morgan fingerprint density at radius 3 is 1.11 bits per heavy atom. The van der Waals surface area contributed by atoms with Crippen molar-refractivity contribution in [1.29, 1.82) is 0 Å². The summed E-state index contributed by atoms with van der Waals surface area (Å²) < 4.78 is 4.31. The van der Waals surface area contributed by atoms with Gasteiger partial charge in [0.1, 0.15) is 0 Å². The number of fused-ring (bicyclic) bond motifs is 6. The van der Waals surface area contributed by atoms with E-state index in [0.29, 0.717) is 0 Å². The Balaban J connectivity index is 0.983. The number of hydrogen-bond donors (Lipinski definition) is 0. The average molecular weight is 589 g/mol. The molecular weight excluding hydrogens is 556 g/mol. The molecule has 218 valence electrons. The van der Waals surface area contributed by atoms with Crippen molar-refractivity contribution in [2.75, 3.05) is 0 Å². The molecule has 0 saturated heterocycles. The maximum atomic E-state index is 4.02. The summed E-state index contributed by atoms with van der Waals surface area (Å²) in [5, 5.41) is 4.97. The third-order valence-corrected chi connectivity index (χ3v) is 8.92. The van der Waals surface area contributed by atoms with Crippen molar-refractivity contribution >= 4 is 80.3 Å². The van der Waals surface area contributed by atoms with E-state index < -0.39 is 0 Å². The van der Waals surface area contributed by atoms with Crippen LogP contribution in [-0.2, 0) is 0 Å². The van der Waals surface area contributed by atoms with Gasteiger partial charge in [0, 0.05) is 33.9 Å². The van der Waals surface area contributed by atoms with E-state index in [1.54, 1.807) is 0 Å². The molecule has 0 aliphatic heterocycles. The number of nitrogens with zero attached hydrogens (tertiary/aromatic N) is 2. The van der Waals surface area contributed by atoms with E-state index in [9.17, 15) is 0 Å². The highest BCUT2D eigenvalue weighted by Gasteiger charge is 2.09. The highest BCUT2D eigenvalue weighted by Crippen LogP contribution is 2.32. The van der Waals surface area contributed by atoms with Crippen LogP contribution < -0.4 is 0 Å². The fraction of sp³-hybridized carbons (Fsp3) is 0. The van der Waals surface area contributed by atoms with Gasteiger partial charge in [-0.15, -0.1) is 0 Å². The van der Waals surface area contributed by atoms with Crippen LogP contribution in [0.1, 0.15) is 22.3 Å². The molecule has 0 spiro atoms. The van der Waals surface area contributed by atoms with E-state index in [1.807, 2.05) is 12.4 Å². The normalized spacial score (nSPS) is 11.9. The van der Waals surface area contributed by atoms with Crippen LogP contribution in [0.25, 0.3) is 91.4 Å². The Hall–Kier alpha value is -6.12. The van der Waals surface area contributed by atoms with Crippen molar-refractivity contribution in [2.24, 2.45) is 0 Å². The van der Waals surface area contributed by atoms with Crippen molar-refractivity contribution in [3.8, 4) is 11.1 Å². The molecule has 6 aromatic carbocycles. The number of benzene rings is 6. The van der Waals surface area contributed by atoms with Crippen LogP contribution in [0.2, 0.25) is 0 Å². The van der Waals surface area contributed by atoms with E-state index in [4.69, 9.17) is 0 Å². The van der Waals surface area contributed by atoms with Gasteiger partial charge in [0.15, 0.2) is 0 Å². The molecular formula is C44H32N2. The molecule has 2 heteroatoms. The molecule has 0 aliphatic carbocycles. The molecule has 0 N–H and O–H groups in total. The van der Waals surface area contributed by atoms with Gasteiger partial charge in [0.25, 0.3) is 0 Å². The first-order valence-corrected chi connectivity index (χ1v) is 15.6. The van der Waals surface area contributed by atoms with Crippen LogP contribution in [0, 0.1) is 0 Å². The van der Waals surface area contributed by atoms with Crippen LogP contribution in [-0.4, -0.2) is 9.13 Å². The molecule has 0 unspecified atom stereocenters. The maximum Gasteiger partial charge on any atom is 0.0535 e. The van der Waals surface area contributed by atoms with Crippen molar-refractivity contribution in [1.82, 2.24) is 9.13 Å². The Kier molecular flexibility index (Phi) is 6.81. The van der Waals surface area contributed by atoms with Gasteiger partial charge in [-0.2, -0.15) is 0 Å². The molecule has 0 aliphatic rings. The Bertz CT molecular complexity index is 2300. The molecule has 0 amide bonds. The fourth-order valence-corrected chi connectivity index (χ4v) is 6.60. The zero-order chi connectivity index (χ0) is 31.0. The summed E-state index contributed by atoms with van der Waals surface area (Å²) in [6.45, 7) is 8.03. The molecule has 8 rings (SSSR count). The van der Waals surface area contributed by atoms with Crippen LogP contribution in [0.4, 0.5) is 0 Å². The summed E-state index contributed by atoms with van der Waals surface area (Å²) in [6, 6.07) is 47.7. The zero-order valence-corrected chi connectivity index (χ0v) is 25.5. The van der Waals surface area contributed by atoms with Gasteiger partial charge in [-0.1, -0.05) is 135 Å². The summed E-state index contributed by atoms with van der Waals surface area (Å²) in [4.78, 5) is 0. The molecule has 46 heavy (non-hydrogen) atoms. The second kappa shape index (κ2) is 11.4. The zero-order valence-electron chi connectivity index (χ0n) is 25.5. The van der Waals surface area contributed by atoms with Gasteiger partial charge in [-0.25, -0.2) is 0 Å².